The maximum Gasteiger partial charge on any atom is 0.335 e. The Morgan fingerprint density at radius 3 is 2.67 bits per heavy atom. The third kappa shape index (κ3) is 1.38. The Hall–Kier alpha value is -1.84. The molecule has 0 saturated carbocycles. The number of hydrogen-bond acceptors (Lipinski definition) is 2. The van der Waals surface area contributed by atoms with Crippen molar-refractivity contribution in [2.45, 2.75) is 20.3 Å². The summed E-state index contributed by atoms with van der Waals surface area (Å²) in [5.41, 5.74) is 3.39. The third-order valence-corrected chi connectivity index (χ3v) is 2.83. The lowest BCUT2D eigenvalue weighted by Gasteiger charge is -2.10. The van der Waals surface area contributed by atoms with Gasteiger partial charge in [-0.15, -0.1) is 0 Å². The zero-order valence-corrected chi connectivity index (χ0v) is 8.55. The van der Waals surface area contributed by atoms with Crippen LogP contribution < -0.4 is 5.32 Å². The number of fused-ring (bicyclic) bond motifs is 1. The average molecular weight is 205 g/mol. The molecule has 1 aromatic rings. The van der Waals surface area contributed by atoms with Gasteiger partial charge in [-0.2, -0.15) is 0 Å². The number of amides is 1. The minimum Gasteiger partial charge on any atom is -0.478 e. The molecule has 0 bridgehead atoms. The topological polar surface area (TPSA) is 66.4 Å². The highest BCUT2D eigenvalue weighted by Gasteiger charge is 2.23. The number of rotatable bonds is 1. The summed E-state index contributed by atoms with van der Waals surface area (Å²) in [5.74, 6) is -1.02. The Bertz CT molecular complexity index is 477. The number of aromatic carboxylic acids is 1. The average Bonchev–Trinajstić information content (AvgIpc) is 2.52. The number of carboxylic acid groups (broad SMARTS) is 1. The molecule has 0 saturated heterocycles. The maximum atomic E-state index is 11.2. The van der Waals surface area contributed by atoms with Crippen molar-refractivity contribution < 1.29 is 14.7 Å². The van der Waals surface area contributed by atoms with Crippen molar-refractivity contribution >= 4 is 17.6 Å². The SMILES string of the molecule is Cc1c(C(=O)O)cc2c(c1C)NC(=O)C2. The molecule has 1 heterocycles. The second-order valence-electron chi connectivity index (χ2n) is 3.74. The molecule has 4 heteroatoms. The number of benzene rings is 1. The molecule has 78 valence electrons. The molecule has 0 atom stereocenters. The summed E-state index contributed by atoms with van der Waals surface area (Å²) in [7, 11) is 0. The monoisotopic (exact) mass is 205 g/mol. The molecule has 2 rings (SSSR count). The number of nitrogens with one attached hydrogen (secondary N) is 1. The van der Waals surface area contributed by atoms with Gasteiger partial charge in [-0.3, -0.25) is 4.79 Å². The quantitative estimate of drug-likeness (QED) is 0.730. The first kappa shape index (κ1) is 9.71. The molecule has 2 N–H and O–H groups in total. The highest BCUT2D eigenvalue weighted by atomic mass is 16.4. The normalized spacial score (nSPS) is 13.6. The van der Waals surface area contributed by atoms with Crippen LogP contribution >= 0.6 is 0 Å². The van der Waals surface area contributed by atoms with Crippen molar-refractivity contribution in [1.82, 2.24) is 0 Å². The van der Waals surface area contributed by atoms with Crippen molar-refractivity contribution in [2.24, 2.45) is 0 Å². The minimum absolute atomic E-state index is 0.0740. The summed E-state index contributed by atoms with van der Waals surface area (Å²) < 4.78 is 0. The standard InChI is InChI=1S/C11H11NO3/c1-5-6(2)10-7(4-9(13)12-10)3-8(5)11(14)15/h3H,4H2,1-2H3,(H,12,13)(H,14,15). The molecule has 1 aliphatic rings. The van der Waals surface area contributed by atoms with Crippen LogP contribution in [0.2, 0.25) is 0 Å². The highest BCUT2D eigenvalue weighted by Crippen LogP contribution is 2.31. The zero-order valence-electron chi connectivity index (χ0n) is 8.55. The summed E-state index contributed by atoms with van der Waals surface area (Å²) in [5, 5.41) is 11.7. The molecule has 15 heavy (non-hydrogen) atoms. The van der Waals surface area contributed by atoms with Crippen molar-refractivity contribution in [2.75, 3.05) is 5.32 Å². The molecule has 4 nitrogen and oxygen atoms in total. The van der Waals surface area contributed by atoms with Crippen molar-refractivity contribution in [1.29, 1.82) is 0 Å². The Morgan fingerprint density at radius 1 is 1.40 bits per heavy atom. The van der Waals surface area contributed by atoms with Crippen LogP contribution in [0.15, 0.2) is 6.07 Å². The third-order valence-electron chi connectivity index (χ3n) is 2.83. The number of carboxylic acids is 1. The van der Waals surface area contributed by atoms with Gasteiger partial charge in [0.2, 0.25) is 5.91 Å². The minimum atomic E-state index is -0.947. The number of carbonyl (C=O) groups is 2. The van der Waals surface area contributed by atoms with Crippen LogP contribution in [0.25, 0.3) is 0 Å². The molecule has 0 unspecified atom stereocenters. The first-order valence-electron chi connectivity index (χ1n) is 4.67. The Kier molecular flexibility index (Phi) is 2.00. The van der Waals surface area contributed by atoms with E-state index in [2.05, 4.69) is 5.32 Å². The molecule has 0 aromatic heterocycles. The van der Waals surface area contributed by atoms with E-state index in [1.807, 2.05) is 6.92 Å². The Labute approximate surface area is 86.9 Å². The lowest BCUT2D eigenvalue weighted by molar-refractivity contribution is -0.115. The summed E-state index contributed by atoms with van der Waals surface area (Å²) in [6.45, 7) is 3.58. The summed E-state index contributed by atoms with van der Waals surface area (Å²) in [6.07, 6.45) is 0.275. The van der Waals surface area contributed by atoms with Gasteiger partial charge in [0.05, 0.1) is 12.0 Å². The van der Waals surface area contributed by atoms with Gasteiger partial charge >= 0.3 is 5.97 Å². The first-order valence-corrected chi connectivity index (χ1v) is 4.67. The number of anilines is 1. The Balaban J connectivity index is 2.67. The van der Waals surface area contributed by atoms with E-state index in [1.165, 1.54) is 0 Å². The maximum absolute atomic E-state index is 11.2. The van der Waals surface area contributed by atoms with Crippen LogP contribution in [0.4, 0.5) is 5.69 Å². The van der Waals surface area contributed by atoms with Gasteiger partial charge in [-0.1, -0.05) is 0 Å². The number of carbonyl (C=O) groups excluding carboxylic acids is 1. The predicted octanol–water partition coefficient (Wildman–Crippen LogP) is 1.50. The smallest absolute Gasteiger partial charge is 0.335 e. The van der Waals surface area contributed by atoms with Crippen LogP contribution in [0, 0.1) is 13.8 Å². The van der Waals surface area contributed by atoms with E-state index in [1.54, 1.807) is 13.0 Å². The van der Waals surface area contributed by atoms with Gasteiger partial charge in [0.15, 0.2) is 0 Å². The van der Waals surface area contributed by atoms with Gasteiger partial charge in [0, 0.05) is 5.69 Å². The van der Waals surface area contributed by atoms with Crippen LogP contribution in [-0.2, 0) is 11.2 Å². The fourth-order valence-electron chi connectivity index (χ4n) is 1.88. The second-order valence-corrected chi connectivity index (χ2v) is 3.74. The van der Waals surface area contributed by atoms with Crippen LogP contribution in [0.3, 0.4) is 0 Å². The van der Waals surface area contributed by atoms with E-state index in [-0.39, 0.29) is 17.9 Å². The van der Waals surface area contributed by atoms with Gasteiger partial charge in [-0.25, -0.2) is 4.79 Å². The van der Waals surface area contributed by atoms with Crippen LogP contribution in [-0.4, -0.2) is 17.0 Å². The zero-order chi connectivity index (χ0) is 11.2. The first-order chi connectivity index (χ1) is 7.00. The molecule has 1 aliphatic heterocycles. The van der Waals surface area contributed by atoms with E-state index >= 15 is 0 Å². The fraction of sp³-hybridized carbons (Fsp3) is 0.273. The van der Waals surface area contributed by atoms with E-state index in [0.717, 1.165) is 16.8 Å². The highest BCUT2D eigenvalue weighted by molar-refractivity contribution is 6.02. The van der Waals surface area contributed by atoms with E-state index < -0.39 is 5.97 Å². The summed E-state index contributed by atoms with van der Waals surface area (Å²) in [4.78, 5) is 22.1. The number of hydrogen-bond donors (Lipinski definition) is 2. The summed E-state index contributed by atoms with van der Waals surface area (Å²) >= 11 is 0. The van der Waals surface area contributed by atoms with Gasteiger partial charge in [0.1, 0.15) is 0 Å². The van der Waals surface area contributed by atoms with E-state index in [4.69, 9.17) is 5.11 Å². The molecular formula is C11H11NO3. The largest absolute Gasteiger partial charge is 0.478 e. The molecule has 1 aromatic carbocycles. The Morgan fingerprint density at radius 2 is 2.07 bits per heavy atom. The molecule has 0 radical (unpaired) electrons. The molecule has 0 aliphatic carbocycles. The van der Waals surface area contributed by atoms with Crippen LogP contribution in [0.1, 0.15) is 27.0 Å². The lowest BCUT2D eigenvalue weighted by atomic mass is 9.97. The van der Waals surface area contributed by atoms with Crippen molar-refractivity contribution in [3.05, 3.63) is 28.3 Å². The summed E-state index contributed by atoms with van der Waals surface area (Å²) in [6, 6.07) is 1.58. The molecule has 1 amide bonds. The van der Waals surface area contributed by atoms with E-state index in [0.29, 0.717) is 5.56 Å². The van der Waals surface area contributed by atoms with Gasteiger partial charge in [-0.05, 0) is 36.6 Å². The fourth-order valence-corrected chi connectivity index (χ4v) is 1.88. The van der Waals surface area contributed by atoms with Crippen molar-refractivity contribution in [3.63, 3.8) is 0 Å². The molecular weight excluding hydrogens is 194 g/mol. The second kappa shape index (κ2) is 3.08. The van der Waals surface area contributed by atoms with Crippen LogP contribution in [0.5, 0.6) is 0 Å². The molecule has 0 fully saturated rings. The molecule has 0 spiro atoms. The lowest BCUT2D eigenvalue weighted by Crippen LogP contribution is -2.05. The van der Waals surface area contributed by atoms with Gasteiger partial charge in [0.25, 0.3) is 0 Å². The van der Waals surface area contributed by atoms with Crippen molar-refractivity contribution in [3.8, 4) is 0 Å². The van der Waals surface area contributed by atoms with Gasteiger partial charge < -0.3 is 10.4 Å². The predicted molar refractivity (Wildman–Crippen MR) is 55.2 cm³/mol. The van der Waals surface area contributed by atoms with E-state index in [9.17, 15) is 9.59 Å².